The minimum absolute atomic E-state index is 0.0886. The van der Waals surface area contributed by atoms with E-state index in [1.807, 2.05) is 22.6 Å². The molecule has 0 atom stereocenters. The van der Waals surface area contributed by atoms with E-state index in [1.165, 1.54) is 6.07 Å². The number of hydrogen-bond acceptors (Lipinski definition) is 3. The van der Waals surface area contributed by atoms with Gasteiger partial charge in [-0.25, -0.2) is 0 Å². The van der Waals surface area contributed by atoms with Gasteiger partial charge >= 0.3 is 0 Å². The molecule has 13 heavy (non-hydrogen) atoms. The molecule has 0 saturated heterocycles. The van der Waals surface area contributed by atoms with E-state index in [2.05, 4.69) is 0 Å². The van der Waals surface area contributed by atoms with Crippen molar-refractivity contribution in [3.05, 3.63) is 21.3 Å². The molecule has 68 valence electrons. The van der Waals surface area contributed by atoms with Gasteiger partial charge in [-0.2, -0.15) is 0 Å². The number of hydrogen-bond donors (Lipinski definition) is 1. The SMILES string of the molecule is O=C1CCOc2cc(O)cc(I)c21. The van der Waals surface area contributed by atoms with Gasteiger partial charge in [0.05, 0.1) is 12.2 Å². The third-order valence-electron chi connectivity index (χ3n) is 1.90. The van der Waals surface area contributed by atoms with Gasteiger partial charge in [0.1, 0.15) is 11.5 Å². The quantitative estimate of drug-likeness (QED) is 0.743. The van der Waals surface area contributed by atoms with Gasteiger partial charge in [0.15, 0.2) is 5.78 Å². The molecule has 0 amide bonds. The van der Waals surface area contributed by atoms with Gasteiger partial charge in [0.2, 0.25) is 0 Å². The van der Waals surface area contributed by atoms with E-state index in [9.17, 15) is 9.90 Å². The molecule has 0 spiro atoms. The second-order valence-electron chi connectivity index (χ2n) is 2.82. The zero-order valence-electron chi connectivity index (χ0n) is 6.71. The zero-order chi connectivity index (χ0) is 9.42. The molecule has 0 aliphatic carbocycles. The van der Waals surface area contributed by atoms with Crippen molar-refractivity contribution in [1.82, 2.24) is 0 Å². The molecule has 1 aromatic carbocycles. The molecule has 1 aliphatic rings. The van der Waals surface area contributed by atoms with Gasteiger partial charge < -0.3 is 9.84 Å². The number of Topliss-reactive ketones (excluding diaryl/α,β-unsaturated/α-hetero) is 1. The zero-order valence-corrected chi connectivity index (χ0v) is 8.87. The van der Waals surface area contributed by atoms with E-state index < -0.39 is 0 Å². The summed E-state index contributed by atoms with van der Waals surface area (Å²) >= 11 is 2.02. The summed E-state index contributed by atoms with van der Waals surface area (Å²) in [7, 11) is 0. The number of carbonyl (C=O) groups is 1. The number of benzene rings is 1. The average Bonchev–Trinajstić information content (AvgIpc) is 2.02. The first-order valence-corrected chi connectivity index (χ1v) is 4.95. The Bertz CT molecular complexity index is 373. The van der Waals surface area contributed by atoms with Crippen molar-refractivity contribution in [3.63, 3.8) is 0 Å². The van der Waals surface area contributed by atoms with E-state index in [0.717, 1.165) is 3.57 Å². The summed E-state index contributed by atoms with van der Waals surface area (Å²) < 4.78 is 6.02. The Morgan fingerprint density at radius 1 is 1.46 bits per heavy atom. The third-order valence-corrected chi connectivity index (χ3v) is 2.76. The van der Waals surface area contributed by atoms with Crippen LogP contribution in [0.5, 0.6) is 11.5 Å². The molecular formula is C9H7IO3. The fraction of sp³-hybridized carbons (Fsp3) is 0.222. The van der Waals surface area contributed by atoms with Crippen molar-refractivity contribution in [1.29, 1.82) is 0 Å². The topological polar surface area (TPSA) is 46.5 Å². The highest BCUT2D eigenvalue weighted by Gasteiger charge is 2.21. The Hall–Kier alpha value is -0.780. The summed E-state index contributed by atoms with van der Waals surface area (Å²) in [5, 5.41) is 9.26. The summed E-state index contributed by atoms with van der Waals surface area (Å²) in [5.41, 5.74) is 0.602. The lowest BCUT2D eigenvalue weighted by molar-refractivity contribution is 0.0932. The number of ketones is 1. The normalized spacial score (nSPS) is 15.0. The molecule has 0 fully saturated rings. The van der Waals surface area contributed by atoms with E-state index in [0.29, 0.717) is 24.3 Å². The molecule has 1 heterocycles. The van der Waals surface area contributed by atoms with Crippen molar-refractivity contribution < 1.29 is 14.6 Å². The van der Waals surface area contributed by atoms with Crippen LogP contribution in [0.2, 0.25) is 0 Å². The van der Waals surface area contributed by atoms with Crippen LogP contribution in [-0.2, 0) is 0 Å². The number of phenols is 1. The number of fused-ring (bicyclic) bond motifs is 1. The van der Waals surface area contributed by atoms with E-state index in [1.54, 1.807) is 6.07 Å². The van der Waals surface area contributed by atoms with Gasteiger partial charge in [0, 0.05) is 16.1 Å². The highest BCUT2D eigenvalue weighted by molar-refractivity contribution is 14.1. The van der Waals surface area contributed by atoms with Crippen LogP contribution < -0.4 is 4.74 Å². The fourth-order valence-electron chi connectivity index (χ4n) is 1.33. The van der Waals surface area contributed by atoms with E-state index in [-0.39, 0.29) is 11.5 Å². The first-order chi connectivity index (χ1) is 6.18. The van der Waals surface area contributed by atoms with Crippen LogP contribution >= 0.6 is 22.6 Å². The minimum atomic E-state index is 0.0886. The maximum atomic E-state index is 11.5. The highest BCUT2D eigenvalue weighted by Crippen LogP contribution is 2.32. The van der Waals surface area contributed by atoms with Crippen LogP contribution in [0.3, 0.4) is 0 Å². The van der Waals surface area contributed by atoms with Gasteiger partial charge in [-0.15, -0.1) is 0 Å². The summed E-state index contributed by atoms with van der Waals surface area (Å²) in [5.74, 6) is 0.726. The van der Waals surface area contributed by atoms with Crippen LogP contribution in [0.4, 0.5) is 0 Å². The molecule has 0 aromatic heterocycles. The largest absolute Gasteiger partial charge is 0.508 e. The number of phenolic OH excluding ortho intramolecular Hbond substituents is 1. The van der Waals surface area contributed by atoms with E-state index in [4.69, 9.17) is 4.74 Å². The van der Waals surface area contributed by atoms with Crippen molar-refractivity contribution in [2.45, 2.75) is 6.42 Å². The van der Waals surface area contributed by atoms with Crippen LogP contribution in [0.15, 0.2) is 12.1 Å². The summed E-state index contributed by atoms with van der Waals surface area (Å²) in [6, 6.07) is 3.04. The minimum Gasteiger partial charge on any atom is -0.508 e. The molecule has 4 heteroatoms. The van der Waals surface area contributed by atoms with Crippen LogP contribution in [0.1, 0.15) is 16.8 Å². The number of ether oxygens (including phenoxy) is 1. The molecule has 1 N–H and O–H groups in total. The number of rotatable bonds is 0. The molecule has 0 radical (unpaired) electrons. The molecule has 1 aromatic rings. The predicted octanol–water partition coefficient (Wildman–Crippen LogP) is 1.96. The Balaban J connectivity index is 2.63. The first kappa shape index (κ1) is 8.80. The van der Waals surface area contributed by atoms with Crippen molar-refractivity contribution in [3.8, 4) is 11.5 Å². The molecular weight excluding hydrogens is 283 g/mol. The lowest BCUT2D eigenvalue weighted by Crippen LogP contribution is -2.16. The molecule has 0 bridgehead atoms. The van der Waals surface area contributed by atoms with Crippen LogP contribution in [0.25, 0.3) is 0 Å². The van der Waals surface area contributed by atoms with E-state index >= 15 is 0 Å². The Labute approximate surface area is 88.9 Å². The lowest BCUT2D eigenvalue weighted by Gasteiger charge is -2.17. The van der Waals surface area contributed by atoms with Gasteiger partial charge in [0.25, 0.3) is 0 Å². The van der Waals surface area contributed by atoms with Crippen molar-refractivity contribution in [2.75, 3.05) is 6.61 Å². The molecule has 0 saturated carbocycles. The summed E-state index contributed by atoms with van der Waals surface area (Å²) in [6.07, 6.45) is 0.424. The molecule has 0 unspecified atom stereocenters. The highest BCUT2D eigenvalue weighted by atomic mass is 127. The average molecular weight is 290 g/mol. The predicted molar refractivity (Wildman–Crippen MR) is 55.3 cm³/mol. The molecule has 3 nitrogen and oxygen atoms in total. The smallest absolute Gasteiger partial charge is 0.171 e. The fourth-order valence-corrected chi connectivity index (χ4v) is 2.22. The summed E-state index contributed by atoms with van der Waals surface area (Å²) in [6.45, 7) is 0.408. The van der Waals surface area contributed by atoms with Crippen molar-refractivity contribution in [2.24, 2.45) is 0 Å². The lowest BCUT2D eigenvalue weighted by atomic mass is 10.1. The number of carbonyl (C=O) groups excluding carboxylic acids is 1. The molecule has 1 aliphatic heterocycles. The van der Waals surface area contributed by atoms with Gasteiger partial charge in [-0.05, 0) is 28.7 Å². The third kappa shape index (κ3) is 1.50. The van der Waals surface area contributed by atoms with Crippen molar-refractivity contribution >= 4 is 28.4 Å². The van der Waals surface area contributed by atoms with Crippen LogP contribution in [0, 0.1) is 3.57 Å². The standard InChI is InChI=1S/C9H7IO3/c10-6-3-5(11)4-8-9(6)7(12)1-2-13-8/h3-4,11H,1-2H2. The maximum absolute atomic E-state index is 11.5. The Kier molecular flexibility index (Phi) is 2.15. The Morgan fingerprint density at radius 3 is 3.00 bits per heavy atom. The first-order valence-electron chi connectivity index (χ1n) is 3.87. The second-order valence-corrected chi connectivity index (χ2v) is 3.98. The Morgan fingerprint density at radius 2 is 2.23 bits per heavy atom. The van der Waals surface area contributed by atoms with Gasteiger partial charge in [-0.1, -0.05) is 0 Å². The maximum Gasteiger partial charge on any atom is 0.171 e. The molecule has 2 rings (SSSR count). The van der Waals surface area contributed by atoms with Crippen LogP contribution in [-0.4, -0.2) is 17.5 Å². The number of halogens is 1. The monoisotopic (exact) mass is 290 g/mol. The summed E-state index contributed by atoms with van der Waals surface area (Å²) in [4.78, 5) is 11.5. The second kappa shape index (κ2) is 3.17. The van der Waals surface area contributed by atoms with Gasteiger partial charge in [-0.3, -0.25) is 4.79 Å². The number of aromatic hydroxyl groups is 1.